The van der Waals surface area contributed by atoms with Crippen LogP contribution in [0.5, 0.6) is 11.5 Å². The zero-order chi connectivity index (χ0) is 14.2. The number of phenolic OH excluding ortho intramolecular Hbond substituents is 1. The van der Waals surface area contributed by atoms with Crippen LogP contribution in [0.3, 0.4) is 0 Å². The highest BCUT2D eigenvalue weighted by Gasteiger charge is 2.23. The number of aromatic carboxylic acids is 1. The summed E-state index contributed by atoms with van der Waals surface area (Å²) in [5.41, 5.74) is -0.618. The quantitative estimate of drug-likeness (QED) is 0.901. The molecule has 6 nitrogen and oxygen atoms in total. The topological polar surface area (TPSA) is 92.8 Å². The van der Waals surface area contributed by atoms with E-state index in [2.05, 4.69) is 5.16 Å². The molecule has 0 fully saturated rings. The first-order valence-electron chi connectivity index (χ1n) is 4.91. The summed E-state index contributed by atoms with van der Waals surface area (Å²) >= 11 is 5.73. The van der Waals surface area contributed by atoms with E-state index in [1.807, 2.05) is 0 Å². The van der Waals surface area contributed by atoms with E-state index < -0.39 is 28.3 Å². The van der Waals surface area contributed by atoms with Crippen LogP contribution in [0, 0.1) is 5.82 Å². The van der Waals surface area contributed by atoms with Gasteiger partial charge in [0.1, 0.15) is 5.82 Å². The molecular weight excluding hydrogens is 281 g/mol. The monoisotopic (exact) mass is 287 g/mol. The van der Waals surface area contributed by atoms with E-state index in [9.17, 15) is 14.3 Å². The molecule has 0 radical (unpaired) electrons. The molecule has 0 aliphatic rings. The summed E-state index contributed by atoms with van der Waals surface area (Å²) in [5.74, 6) is -2.99. The number of phenols is 1. The minimum absolute atomic E-state index is 0.162. The second-order valence-corrected chi connectivity index (χ2v) is 3.86. The normalized spacial score (nSPS) is 10.5. The molecule has 0 aliphatic carbocycles. The van der Waals surface area contributed by atoms with Crippen LogP contribution in [0.15, 0.2) is 16.7 Å². The van der Waals surface area contributed by atoms with Gasteiger partial charge in [-0.05, 0) is 0 Å². The van der Waals surface area contributed by atoms with Crippen LogP contribution in [0.1, 0.15) is 10.5 Å². The van der Waals surface area contributed by atoms with Crippen LogP contribution in [-0.4, -0.2) is 28.4 Å². The van der Waals surface area contributed by atoms with Crippen molar-refractivity contribution in [1.29, 1.82) is 0 Å². The number of carboxylic acids is 1. The Hall–Kier alpha value is -2.28. The fourth-order valence-corrected chi connectivity index (χ4v) is 1.70. The van der Waals surface area contributed by atoms with Crippen LogP contribution in [0.25, 0.3) is 11.3 Å². The van der Waals surface area contributed by atoms with Gasteiger partial charge in [0.25, 0.3) is 0 Å². The number of aromatic hydroxyl groups is 1. The average molecular weight is 288 g/mol. The fraction of sp³-hybridized carbons (Fsp3) is 0.0909. The van der Waals surface area contributed by atoms with E-state index in [4.69, 9.17) is 26.0 Å². The fourth-order valence-electron chi connectivity index (χ4n) is 1.47. The Kier molecular flexibility index (Phi) is 3.30. The van der Waals surface area contributed by atoms with Crippen molar-refractivity contribution in [2.45, 2.75) is 0 Å². The molecule has 19 heavy (non-hydrogen) atoms. The average Bonchev–Trinajstić information content (AvgIpc) is 2.83. The zero-order valence-electron chi connectivity index (χ0n) is 9.48. The Labute approximate surface area is 111 Å². The van der Waals surface area contributed by atoms with Gasteiger partial charge >= 0.3 is 5.97 Å². The van der Waals surface area contributed by atoms with Gasteiger partial charge in [-0.1, -0.05) is 16.8 Å². The minimum atomic E-state index is -1.33. The van der Waals surface area contributed by atoms with E-state index >= 15 is 0 Å². The number of hydrogen-bond acceptors (Lipinski definition) is 5. The summed E-state index contributed by atoms with van der Waals surface area (Å²) in [6, 6.07) is 1.91. The van der Waals surface area contributed by atoms with Crippen molar-refractivity contribution in [2.75, 3.05) is 7.11 Å². The van der Waals surface area contributed by atoms with Gasteiger partial charge in [-0.15, -0.1) is 0 Å². The standard InChI is InChI=1S/C11H7ClFNO5/c1-18-7-2-4(13)9(12)8(10(7)15)6-3-5(11(16)17)14-19-6/h2-3,15H,1H3,(H,16,17). The molecule has 0 saturated heterocycles. The first-order chi connectivity index (χ1) is 8.95. The molecule has 0 aliphatic heterocycles. The lowest BCUT2D eigenvalue weighted by Crippen LogP contribution is -1.94. The number of carbonyl (C=O) groups is 1. The number of nitrogens with zero attached hydrogens (tertiary/aromatic N) is 1. The van der Waals surface area contributed by atoms with Crippen LogP contribution in [0.4, 0.5) is 4.39 Å². The number of aromatic nitrogens is 1. The molecule has 2 rings (SSSR count). The highest BCUT2D eigenvalue weighted by atomic mass is 35.5. The summed E-state index contributed by atoms with van der Waals surface area (Å²) in [4.78, 5) is 10.7. The molecule has 0 saturated carbocycles. The third-order valence-corrected chi connectivity index (χ3v) is 2.72. The number of benzene rings is 1. The van der Waals surface area contributed by atoms with Crippen molar-refractivity contribution in [1.82, 2.24) is 5.16 Å². The maximum Gasteiger partial charge on any atom is 0.358 e. The van der Waals surface area contributed by atoms with Crippen LogP contribution in [0.2, 0.25) is 5.02 Å². The molecule has 1 aromatic carbocycles. The molecule has 0 atom stereocenters. The number of rotatable bonds is 3. The SMILES string of the molecule is COc1cc(F)c(Cl)c(-c2cc(C(=O)O)no2)c1O. The van der Waals surface area contributed by atoms with E-state index in [0.29, 0.717) is 0 Å². The Balaban J connectivity index is 2.66. The third kappa shape index (κ3) is 2.19. The first kappa shape index (κ1) is 13.2. The number of methoxy groups -OCH3 is 1. The first-order valence-corrected chi connectivity index (χ1v) is 5.28. The molecule has 0 spiro atoms. The third-order valence-electron chi connectivity index (χ3n) is 2.35. The Bertz CT molecular complexity index is 655. The minimum Gasteiger partial charge on any atom is -0.504 e. The molecule has 0 unspecified atom stereocenters. The smallest absolute Gasteiger partial charge is 0.358 e. The van der Waals surface area contributed by atoms with Gasteiger partial charge in [-0.3, -0.25) is 0 Å². The molecule has 8 heteroatoms. The van der Waals surface area contributed by atoms with Crippen molar-refractivity contribution >= 4 is 17.6 Å². The van der Waals surface area contributed by atoms with Gasteiger partial charge in [0.15, 0.2) is 23.0 Å². The van der Waals surface area contributed by atoms with Crippen LogP contribution >= 0.6 is 11.6 Å². The molecule has 2 aromatic rings. The van der Waals surface area contributed by atoms with Crippen molar-refractivity contribution in [2.24, 2.45) is 0 Å². The molecule has 0 amide bonds. The number of hydrogen-bond donors (Lipinski definition) is 2. The van der Waals surface area contributed by atoms with Crippen molar-refractivity contribution < 1.29 is 28.7 Å². The van der Waals surface area contributed by atoms with Crippen molar-refractivity contribution in [3.63, 3.8) is 0 Å². The predicted octanol–water partition coefficient (Wildman–Crippen LogP) is 2.55. The Morgan fingerprint density at radius 3 is 2.74 bits per heavy atom. The molecular formula is C11H7ClFNO5. The molecule has 0 bridgehead atoms. The van der Waals surface area contributed by atoms with Crippen LogP contribution in [-0.2, 0) is 0 Å². The molecule has 1 aromatic heterocycles. The summed E-state index contributed by atoms with van der Waals surface area (Å²) in [7, 11) is 1.23. The number of ether oxygens (including phenoxy) is 1. The summed E-state index contributed by atoms with van der Waals surface area (Å²) in [5, 5.41) is 21.4. The van der Waals surface area contributed by atoms with Crippen molar-refractivity contribution in [3.05, 3.63) is 28.7 Å². The largest absolute Gasteiger partial charge is 0.504 e. The van der Waals surface area contributed by atoms with Gasteiger partial charge in [-0.2, -0.15) is 0 Å². The highest BCUT2D eigenvalue weighted by Crippen LogP contribution is 2.43. The lowest BCUT2D eigenvalue weighted by molar-refractivity contribution is 0.0686. The lowest BCUT2D eigenvalue weighted by Gasteiger charge is -2.09. The van der Waals surface area contributed by atoms with Crippen molar-refractivity contribution in [3.8, 4) is 22.8 Å². The van der Waals surface area contributed by atoms with E-state index in [1.54, 1.807) is 0 Å². The maximum absolute atomic E-state index is 13.6. The second-order valence-electron chi connectivity index (χ2n) is 3.48. The van der Waals surface area contributed by atoms with Gasteiger partial charge in [0.2, 0.25) is 0 Å². The predicted molar refractivity (Wildman–Crippen MR) is 62.1 cm³/mol. The van der Waals surface area contributed by atoms with Gasteiger partial charge in [-0.25, -0.2) is 9.18 Å². The van der Waals surface area contributed by atoms with Crippen LogP contribution < -0.4 is 4.74 Å². The lowest BCUT2D eigenvalue weighted by atomic mass is 10.1. The maximum atomic E-state index is 13.6. The van der Waals surface area contributed by atoms with E-state index in [0.717, 1.165) is 12.1 Å². The Morgan fingerprint density at radius 1 is 1.53 bits per heavy atom. The highest BCUT2D eigenvalue weighted by molar-refractivity contribution is 6.33. The molecule has 2 N–H and O–H groups in total. The van der Waals surface area contributed by atoms with Gasteiger partial charge < -0.3 is 19.5 Å². The zero-order valence-corrected chi connectivity index (χ0v) is 10.2. The molecule has 1 heterocycles. The van der Waals surface area contributed by atoms with E-state index in [-0.39, 0.29) is 17.1 Å². The second kappa shape index (κ2) is 4.77. The van der Waals surface area contributed by atoms with Gasteiger partial charge in [0.05, 0.1) is 17.7 Å². The summed E-state index contributed by atoms with van der Waals surface area (Å²) < 4.78 is 23.1. The number of halogens is 2. The summed E-state index contributed by atoms with van der Waals surface area (Å²) in [6.07, 6.45) is 0. The summed E-state index contributed by atoms with van der Waals surface area (Å²) in [6.45, 7) is 0. The van der Waals surface area contributed by atoms with Gasteiger partial charge in [0, 0.05) is 12.1 Å². The number of carboxylic acid groups (broad SMARTS) is 1. The van der Waals surface area contributed by atoms with E-state index in [1.165, 1.54) is 7.11 Å². The molecule has 100 valence electrons. The Morgan fingerprint density at radius 2 is 2.21 bits per heavy atom.